The first-order valence-corrected chi connectivity index (χ1v) is 8.01. The summed E-state index contributed by atoms with van der Waals surface area (Å²) in [5.74, 6) is 1.65. The zero-order valence-electron chi connectivity index (χ0n) is 12.8. The van der Waals surface area contributed by atoms with Crippen molar-refractivity contribution in [2.24, 2.45) is 0 Å². The lowest BCUT2D eigenvalue weighted by atomic mass is 9.95. The average molecular weight is 308 g/mol. The number of nitrogens with one attached hydrogen (secondary N) is 1. The fraction of sp³-hybridized carbons (Fsp3) is 0.667. The van der Waals surface area contributed by atoms with Crippen LogP contribution in [0.3, 0.4) is 0 Å². The van der Waals surface area contributed by atoms with Gasteiger partial charge in [-0.1, -0.05) is 6.08 Å². The number of nitrogens with zero attached hydrogens (tertiary/aromatic N) is 3. The van der Waals surface area contributed by atoms with E-state index in [4.69, 9.17) is 12.2 Å². The molecule has 0 spiro atoms. The third kappa shape index (κ3) is 3.61. The maximum Gasteiger partial charge on any atom is 0.222 e. The third-order valence-corrected chi connectivity index (χ3v) is 4.31. The molecule has 21 heavy (non-hydrogen) atoms. The molecule has 6 heteroatoms. The molecule has 0 aromatic carbocycles. The average Bonchev–Trinajstić information content (AvgIpc) is 2.87. The van der Waals surface area contributed by atoms with E-state index < -0.39 is 0 Å². The van der Waals surface area contributed by atoms with Crippen LogP contribution in [0.25, 0.3) is 0 Å². The van der Waals surface area contributed by atoms with Crippen LogP contribution in [-0.2, 0) is 4.79 Å². The lowest BCUT2D eigenvalue weighted by Crippen LogP contribution is -2.38. The first-order valence-electron chi connectivity index (χ1n) is 7.60. The smallest absolute Gasteiger partial charge is 0.222 e. The van der Waals surface area contributed by atoms with Gasteiger partial charge in [0.05, 0.1) is 0 Å². The number of aromatic nitrogens is 3. The highest BCUT2D eigenvalue weighted by Gasteiger charge is 2.27. The maximum atomic E-state index is 12.0. The van der Waals surface area contributed by atoms with E-state index in [-0.39, 0.29) is 5.91 Å². The van der Waals surface area contributed by atoms with Crippen LogP contribution < -0.4 is 0 Å². The number of rotatable bonds is 5. The first kappa shape index (κ1) is 15.9. The number of likely N-dealkylation sites (tertiary alicyclic amines) is 1. The molecule has 0 aliphatic carbocycles. The van der Waals surface area contributed by atoms with E-state index in [9.17, 15) is 4.79 Å². The zero-order chi connectivity index (χ0) is 15.4. The molecule has 116 valence electrons. The van der Waals surface area contributed by atoms with E-state index in [2.05, 4.69) is 35.2 Å². The second-order valence-electron chi connectivity index (χ2n) is 5.83. The molecule has 1 aliphatic rings. The molecule has 1 amide bonds. The lowest BCUT2D eigenvalue weighted by Gasteiger charge is -2.32. The summed E-state index contributed by atoms with van der Waals surface area (Å²) in [5, 5.41) is 7.31. The van der Waals surface area contributed by atoms with Gasteiger partial charge in [0.2, 0.25) is 5.91 Å². The molecule has 1 aromatic heterocycles. The monoisotopic (exact) mass is 308 g/mol. The first-order chi connectivity index (χ1) is 10.0. The number of hydrogen-bond donors (Lipinski definition) is 1. The van der Waals surface area contributed by atoms with E-state index in [1.54, 1.807) is 6.08 Å². The number of H-pyrrole nitrogens is 1. The molecule has 5 nitrogen and oxygen atoms in total. The van der Waals surface area contributed by atoms with E-state index >= 15 is 0 Å². The van der Waals surface area contributed by atoms with Gasteiger partial charge in [-0.3, -0.25) is 9.89 Å². The summed E-state index contributed by atoms with van der Waals surface area (Å²) in [6.45, 7) is 9.50. The minimum absolute atomic E-state index is 0.232. The number of aromatic amines is 1. The minimum Gasteiger partial charge on any atom is -0.343 e. The van der Waals surface area contributed by atoms with Crippen LogP contribution in [0.2, 0.25) is 0 Å². The van der Waals surface area contributed by atoms with Crippen molar-refractivity contribution < 1.29 is 4.79 Å². The summed E-state index contributed by atoms with van der Waals surface area (Å²) in [4.78, 5) is 14.0. The highest BCUT2D eigenvalue weighted by molar-refractivity contribution is 7.71. The Morgan fingerprint density at radius 2 is 2.19 bits per heavy atom. The Labute approximate surface area is 131 Å². The van der Waals surface area contributed by atoms with Crippen molar-refractivity contribution in [1.29, 1.82) is 0 Å². The van der Waals surface area contributed by atoms with Crippen molar-refractivity contribution >= 4 is 18.1 Å². The molecular weight excluding hydrogens is 284 g/mol. The molecule has 0 unspecified atom stereocenters. The number of piperidine rings is 1. The molecule has 0 bridgehead atoms. The third-order valence-electron chi connectivity index (χ3n) is 4.02. The van der Waals surface area contributed by atoms with Gasteiger partial charge in [0.1, 0.15) is 5.82 Å². The van der Waals surface area contributed by atoms with Gasteiger partial charge in [-0.15, -0.1) is 6.58 Å². The van der Waals surface area contributed by atoms with Crippen molar-refractivity contribution in [2.75, 3.05) is 13.1 Å². The Kier molecular flexibility index (Phi) is 5.33. The fourth-order valence-corrected chi connectivity index (χ4v) is 3.22. The van der Waals surface area contributed by atoms with Crippen LogP contribution in [0.5, 0.6) is 0 Å². The Morgan fingerprint density at radius 1 is 1.52 bits per heavy atom. The number of hydrogen-bond acceptors (Lipinski definition) is 3. The van der Waals surface area contributed by atoms with Gasteiger partial charge >= 0.3 is 0 Å². The van der Waals surface area contributed by atoms with Crippen LogP contribution in [0.15, 0.2) is 12.7 Å². The molecule has 0 atom stereocenters. The number of carbonyl (C=O) groups is 1. The summed E-state index contributed by atoms with van der Waals surface area (Å²) in [7, 11) is 0. The van der Waals surface area contributed by atoms with Crippen LogP contribution in [0, 0.1) is 4.77 Å². The number of allylic oxidation sites excluding steroid dienone is 1. The fourth-order valence-electron chi connectivity index (χ4n) is 2.87. The van der Waals surface area contributed by atoms with Crippen LogP contribution in [-0.4, -0.2) is 38.7 Å². The Morgan fingerprint density at radius 3 is 2.76 bits per heavy atom. The minimum atomic E-state index is 0.232. The molecule has 1 saturated heterocycles. The standard InChI is InChI=1S/C15H24N4OS/c1-4-5-6-13(20)18-9-7-12(8-10-18)14-16-17-15(21)19(14)11(2)3/h4,11-12H,1,5-10H2,2-3H3,(H,17,21). The molecule has 2 heterocycles. The lowest BCUT2D eigenvalue weighted by molar-refractivity contribution is -0.132. The molecule has 1 aliphatic heterocycles. The number of carbonyl (C=O) groups excluding carboxylic acids is 1. The maximum absolute atomic E-state index is 12.0. The van der Waals surface area contributed by atoms with Crippen molar-refractivity contribution in [1.82, 2.24) is 19.7 Å². The van der Waals surface area contributed by atoms with Crippen molar-refractivity contribution in [3.8, 4) is 0 Å². The van der Waals surface area contributed by atoms with Crippen molar-refractivity contribution in [3.05, 3.63) is 23.3 Å². The summed E-state index contributed by atoms with van der Waals surface area (Å²) in [5.41, 5.74) is 0. The predicted molar refractivity (Wildman–Crippen MR) is 85.8 cm³/mol. The second kappa shape index (κ2) is 7.02. The summed E-state index contributed by atoms with van der Waals surface area (Å²) in [6.07, 6.45) is 5.02. The highest BCUT2D eigenvalue weighted by Crippen LogP contribution is 2.28. The van der Waals surface area contributed by atoms with Crippen molar-refractivity contribution in [2.45, 2.75) is 51.5 Å². The van der Waals surface area contributed by atoms with Gasteiger partial charge in [0.25, 0.3) is 0 Å². The molecule has 0 saturated carbocycles. The Balaban J connectivity index is 2.00. The molecule has 1 N–H and O–H groups in total. The van der Waals surface area contributed by atoms with Crippen LogP contribution >= 0.6 is 12.2 Å². The normalized spacial score (nSPS) is 16.4. The predicted octanol–water partition coefficient (Wildman–Crippen LogP) is 3.19. The van der Waals surface area contributed by atoms with E-state index in [0.29, 0.717) is 23.2 Å². The summed E-state index contributed by atoms with van der Waals surface area (Å²) < 4.78 is 2.78. The summed E-state index contributed by atoms with van der Waals surface area (Å²) in [6, 6.07) is 0.304. The van der Waals surface area contributed by atoms with E-state index in [1.165, 1.54) is 0 Å². The van der Waals surface area contributed by atoms with Gasteiger partial charge in [0, 0.05) is 31.5 Å². The van der Waals surface area contributed by atoms with Gasteiger partial charge in [-0.2, -0.15) is 5.10 Å². The second-order valence-corrected chi connectivity index (χ2v) is 6.22. The van der Waals surface area contributed by atoms with E-state index in [1.807, 2.05) is 4.90 Å². The SMILES string of the molecule is C=CCCC(=O)N1CCC(c2n[nH]c(=S)n2C(C)C)CC1. The molecule has 1 aromatic rings. The van der Waals surface area contributed by atoms with Crippen LogP contribution in [0.4, 0.5) is 0 Å². The zero-order valence-corrected chi connectivity index (χ0v) is 13.7. The highest BCUT2D eigenvalue weighted by atomic mass is 32.1. The van der Waals surface area contributed by atoms with E-state index in [0.717, 1.165) is 38.2 Å². The summed E-state index contributed by atoms with van der Waals surface area (Å²) >= 11 is 5.30. The van der Waals surface area contributed by atoms with Crippen LogP contribution in [0.1, 0.15) is 57.3 Å². The quantitative estimate of drug-likeness (QED) is 0.671. The topological polar surface area (TPSA) is 53.9 Å². The molecule has 2 rings (SSSR count). The Bertz CT molecular complexity index is 552. The largest absolute Gasteiger partial charge is 0.343 e. The number of amides is 1. The molecule has 1 fully saturated rings. The molecule has 0 radical (unpaired) electrons. The van der Waals surface area contributed by atoms with Gasteiger partial charge in [0.15, 0.2) is 4.77 Å². The van der Waals surface area contributed by atoms with Gasteiger partial charge in [-0.25, -0.2) is 0 Å². The Hall–Kier alpha value is -1.43. The van der Waals surface area contributed by atoms with Gasteiger partial charge < -0.3 is 9.47 Å². The molecular formula is C15H24N4OS. The van der Waals surface area contributed by atoms with Gasteiger partial charge in [-0.05, 0) is 45.3 Å². The van der Waals surface area contributed by atoms with Crippen molar-refractivity contribution in [3.63, 3.8) is 0 Å².